The Kier molecular flexibility index (Phi) is 4.82. The highest BCUT2D eigenvalue weighted by Gasteiger charge is 2.27. The van der Waals surface area contributed by atoms with E-state index in [1.807, 2.05) is 0 Å². The van der Waals surface area contributed by atoms with Crippen molar-refractivity contribution in [2.75, 3.05) is 6.54 Å². The van der Waals surface area contributed by atoms with E-state index in [0.717, 1.165) is 12.5 Å². The smallest absolute Gasteiger partial charge is 0.00252 e. The number of rotatable bonds is 5. The molecule has 0 saturated heterocycles. The van der Waals surface area contributed by atoms with Crippen LogP contribution in [0, 0.1) is 12.8 Å². The van der Waals surface area contributed by atoms with Crippen LogP contribution in [-0.2, 0) is 0 Å². The van der Waals surface area contributed by atoms with Gasteiger partial charge in [-0.25, -0.2) is 0 Å². The van der Waals surface area contributed by atoms with Crippen LogP contribution in [0.15, 0.2) is 24.3 Å². The van der Waals surface area contributed by atoms with Crippen molar-refractivity contribution in [3.05, 3.63) is 35.4 Å². The van der Waals surface area contributed by atoms with Crippen LogP contribution in [0.4, 0.5) is 0 Å². The Balaban J connectivity index is 2.15. The van der Waals surface area contributed by atoms with E-state index in [9.17, 15) is 0 Å². The first-order valence-electron chi connectivity index (χ1n) is 7.47. The lowest BCUT2D eigenvalue weighted by atomic mass is 9.82. The molecule has 1 aromatic rings. The third-order valence-electron chi connectivity index (χ3n) is 4.30. The number of hydrogen-bond acceptors (Lipinski definition) is 1. The topological polar surface area (TPSA) is 12.0 Å². The van der Waals surface area contributed by atoms with Gasteiger partial charge < -0.3 is 5.32 Å². The molecule has 0 amide bonds. The van der Waals surface area contributed by atoms with Gasteiger partial charge in [0.25, 0.3) is 0 Å². The molecule has 2 rings (SSSR count). The van der Waals surface area contributed by atoms with Crippen LogP contribution in [-0.4, -0.2) is 12.6 Å². The van der Waals surface area contributed by atoms with Gasteiger partial charge in [0.15, 0.2) is 0 Å². The molecule has 0 heterocycles. The highest BCUT2D eigenvalue weighted by atomic mass is 14.9. The van der Waals surface area contributed by atoms with E-state index in [1.165, 1.54) is 31.2 Å². The minimum Gasteiger partial charge on any atom is -0.314 e. The van der Waals surface area contributed by atoms with E-state index >= 15 is 0 Å². The molecule has 1 aliphatic rings. The van der Waals surface area contributed by atoms with Gasteiger partial charge in [-0.1, -0.05) is 51.0 Å². The molecular weight excluding hydrogens is 218 g/mol. The first-order chi connectivity index (χ1) is 8.68. The van der Waals surface area contributed by atoms with Crippen molar-refractivity contribution in [1.82, 2.24) is 5.32 Å². The minimum atomic E-state index is 0.581. The van der Waals surface area contributed by atoms with Gasteiger partial charge in [0, 0.05) is 12.6 Å². The zero-order valence-electron chi connectivity index (χ0n) is 12.1. The van der Waals surface area contributed by atoms with Crippen LogP contribution >= 0.6 is 0 Å². The maximum Gasteiger partial charge on any atom is 0.00252 e. The summed E-state index contributed by atoms with van der Waals surface area (Å²) in [5.41, 5.74) is 3.03. The monoisotopic (exact) mass is 245 g/mol. The third-order valence-corrected chi connectivity index (χ3v) is 4.30. The molecule has 1 aromatic carbocycles. The third kappa shape index (κ3) is 3.35. The normalized spacial score (nSPS) is 18.4. The molecule has 18 heavy (non-hydrogen) atoms. The lowest BCUT2D eigenvalue weighted by Gasteiger charge is -2.27. The molecule has 1 nitrogen and oxygen atoms in total. The highest BCUT2D eigenvalue weighted by molar-refractivity contribution is 5.30. The van der Waals surface area contributed by atoms with E-state index in [0.29, 0.717) is 12.0 Å². The van der Waals surface area contributed by atoms with Gasteiger partial charge in [-0.15, -0.1) is 0 Å². The van der Waals surface area contributed by atoms with Gasteiger partial charge in [-0.2, -0.15) is 0 Å². The second-order valence-electron chi connectivity index (χ2n) is 6.07. The standard InChI is InChI=1S/C17H27N/c1-13(2)18-12-17(15-9-5-6-10-15)16-11-7-4-8-14(16)3/h4,7-8,11,13,15,17-18H,5-6,9-10,12H2,1-3H3. The van der Waals surface area contributed by atoms with Crippen molar-refractivity contribution in [3.63, 3.8) is 0 Å². The molecule has 100 valence electrons. The molecule has 1 aliphatic carbocycles. The van der Waals surface area contributed by atoms with Gasteiger partial charge in [0.2, 0.25) is 0 Å². The summed E-state index contributed by atoms with van der Waals surface area (Å²) < 4.78 is 0. The Hall–Kier alpha value is -0.820. The van der Waals surface area contributed by atoms with E-state index in [2.05, 4.69) is 50.4 Å². The maximum absolute atomic E-state index is 3.65. The Morgan fingerprint density at radius 1 is 1.17 bits per heavy atom. The summed E-state index contributed by atoms with van der Waals surface area (Å²) in [7, 11) is 0. The zero-order chi connectivity index (χ0) is 13.0. The molecule has 1 atom stereocenters. The molecule has 0 spiro atoms. The number of benzene rings is 1. The predicted octanol–water partition coefficient (Wildman–Crippen LogP) is 4.27. The van der Waals surface area contributed by atoms with Crippen LogP contribution in [0.3, 0.4) is 0 Å². The van der Waals surface area contributed by atoms with Crippen molar-refractivity contribution in [2.24, 2.45) is 5.92 Å². The van der Waals surface area contributed by atoms with Gasteiger partial charge in [0.1, 0.15) is 0 Å². The molecule has 1 saturated carbocycles. The summed E-state index contributed by atoms with van der Waals surface area (Å²) in [6.07, 6.45) is 5.68. The van der Waals surface area contributed by atoms with Gasteiger partial charge >= 0.3 is 0 Å². The van der Waals surface area contributed by atoms with Crippen molar-refractivity contribution >= 4 is 0 Å². The highest BCUT2D eigenvalue weighted by Crippen LogP contribution is 2.38. The molecular formula is C17H27N. The van der Waals surface area contributed by atoms with Gasteiger partial charge in [0.05, 0.1) is 0 Å². The molecule has 1 N–H and O–H groups in total. The largest absolute Gasteiger partial charge is 0.314 e. The lowest BCUT2D eigenvalue weighted by Crippen LogP contribution is -2.31. The summed E-state index contributed by atoms with van der Waals surface area (Å²) in [6, 6.07) is 9.52. The van der Waals surface area contributed by atoms with E-state index in [-0.39, 0.29) is 0 Å². The summed E-state index contributed by atoms with van der Waals surface area (Å²) in [5.74, 6) is 1.59. The molecule has 0 bridgehead atoms. The zero-order valence-corrected chi connectivity index (χ0v) is 12.1. The number of hydrogen-bond donors (Lipinski definition) is 1. The SMILES string of the molecule is Cc1ccccc1C(CNC(C)C)C1CCCC1. The summed E-state index contributed by atoms with van der Waals surface area (Å²) >= 11 is 0. The first kappa shape index (κ1) is 13.6. The Bertz CT molecular complexity index is 364. The Labute approximate surface area is 112 Å². The summed E-state index contributed by atoms with van der Waals surface area (Å²) in [5, 5.41) is 3.65. The molecule has 1 fully saturated rings. The Morgan fingerprint density at radius 3 is 2.44 bits per heavy atom. The second kappa shape index (κ2) is 6.38. The number of nitrogens with one attached hydrogen (secondary N) is 1. The molecule has 1 heteroatoms. The molecule has 0 aromatic heterocycles. The van der Waals surface area contributed by atoms with Crippen molar-refractivity contribution in [3.8, 4) is 0 Å². The van der Waals surface area contributed by atoms with Crippen molar-refractivity contribution < 1.29 is 0 Å². The van der Waals surface area contributed by atoms with E-state index < -0.39 is 0 Å². The van der Waals surface area contributed by atoms with Crippen LogP contribution in [0.2, 0.25) is 0 Å². The van der Waals surface area contributed by atoms with Crippen molar-refractivity contribution in [1.29, 1.82) is 0 Å². The van der Waals surface area contributed by atoms with Crippen LogP contribution < -0.4 is 5.32 Å². The fourth-order valence-electron chi connectivity index (χ4n) is 3.26. The maximum atomic E-state index is 3.65. The lowest BCUT2D eigenvalue weighted by molar-refractivity contribution is 0.397. The quantitative estimate of drug-likeness (QED) is 0.817. The molecule has 0 aliphatic heterocycles. The average Bonchev–Trinajstić information content (AvgIpc) is 2.85. The fourth-order valence-corrected chi connectivity index (χ4v) is 3.26. The van der Waals surface area contributed by atoms with Crippen LogP contribution in [0.1, 0.15) is 56.6 Å². The fraction of sp³-hybridized carbons (Fsp3) is 0.647. The average molecular weight is 245 g/mol. The van der Waals surface area contributed by atoms with E-state index in [4.69, 9.17) is 0 Å². The Morgan fingerprint density at radius 2 is 1.83 bits per heavy atom. The molecule has 1 unspecified atom stereocenters. The van der Waals surface area contributed by atoms with Gasteiger partial charge in [-0.05, 0) is 42.7 Å². The van der Waals surface area contributed by atoms with Crippen LogP contribution in [0.25, 0.3) is 0 Å². The summed E-state index contributed by atoms with van der Waals surface area (Å²) in [6.45, 7) is 7.87. The van der Waals surface area contributed by atoms with E-state index in [1.54, 1.807) is 5.56 Å². The predicted molar refractivity (Wildman–Crippen MR) is 79.0 cm³/mol. The second-order valence-corrected chi connectivity index (χ2v) is 6.07. The van der Waals surface area contributed by atoms with Crippen molar-refractivity contribution in [2.45, 2.75) is 58.4 Å². The van der Waals surface area contributed by atoms with Gasteiger partial charge in [-0.3, -0.25) is 0 Å². The molecule has 0 radical (unpaired) electrons. The first-order valence-corrected chi connectivity index (χ1v) is 7.47. The number of aryl methyl sites for hydroxylation is 1. The van der Waals surface area contributed by atoms with Crippen LogP contribution in [0.5, 0.6) is 0 Å². The summed E-state index contributed by atoms with van der Waals surface area (Å²) in [4.78, 5) is 0. The minimum absolute atomic E-state index is 0.581.